The van der Waals surface area contributed by atoms with E-state index in [1.165, 1.54) is 6.26 Å². The Morgan fingerprint density at radius 3 is 2.94 bits per heavy atom. The van der Waals surface area contributed by atoms with Crippen molar-refractivity contribution in [3.63, 3.8) is 0 Å². The summed E-state index contributed by atoms with van der Waals surface area (Å²) in [6.45, 7) is 6.16. The molecule has 1 aliphatic rings. The van der Waals surface area contributed by atoms with Gasteiger partial charge in [0.05, 0.1) is 18.3 Å². The molecule has 11 heteroatoms. The highest BCUT2D eigenvalue weighted by atomic mass is 16.5. The summed E-state index contributed by atoms with van der Waals surface area (Å²) in [5.74, 6) is 0.147. The molecule has 3 aromatic rings. The number of pyridine rings is 1. The van der Waals surface area contributed by atoms with Gasteiger partial charge in [0.2, 0.25) is 5.89 Å². The molecule has 0 spiro atoms. The van der Waals surface area contributed by atoms with Gasteiger partial charge in [-0.1, -0.05) is 13.8 Å². The van der Waals surface area contributed by atoms with E-state index in [-0.39, 0.29) is 29.1 Å². The van der Waals surface area contributed by atoms with Crippen molar-refractivity contribution < 1.29 is 18.7 Å². The van der Waals surface area contributed by atoms with Crippen molar-refractivity contribution in [2.45, 2.75) is 39.3 Å². The molecule has 11 nitrogen and oxygen atoms in total. The maximum atomic E-state index is 12.8. The van der Waals surface area contributed by atoms with Crippen LogP contribution in [0, 0.1) is 5.92 Å². The van der Waals surface area contributed by atoms with Crippen LogP contribution in [-0.4, -0.2) is 50.8 Å². The highest BCUT2D eigenvalue weighted by Crippen LogP contribution is 2.22. The van der Waals surface area contributed by atoms with E-state index in [4.69, 9.17) is 14.9 Å². The average Bonchev–Trinajstić information content (AvgIpc) is 3.54. The Labute approximate surface area is 190 Å². The van der Waals surface area contributed by atoms with Crippen LogP contribution in [0.25, 0.3) is 11.5 Å². The number of carbonyl (C=O) groups excluding carboxylic acids is 2. The van der Waals surface area contributed by atoms with Gasteiger partial charge in [0.1, 0.15) is 12.1 Å². The predicted octanol–water partition coefficient (Wildman–Crippen LogP) is 2.53. The number of aromatic nitrogens is 4. The summed E-state index contributed by atoms with van der Waals surface area (Å²) >= 11 is 0. The number of amides is 2. The first-order valence-corrected chi connectivity index (χ1v) is 10.8. The lowest BCUT2D eigenvalue weighted by molar-refractivity contribution is 0.0927. The van der Waals surface area contributed by atoms with Crippen LogP contribution in [0.1, 0.15) is 47.7 Å². The molecule has 174 valence electrons. The lowest BCUT2D eigenvalue weighted by Crippen LogP contribution is -2.18. The minimum absolute atomic E-state index is 0.0209. The maximum absolute atomic E-state index is 12.8. The molecule has 33 heavy (non-hydrogen) atoms. The van der Waals surface area contributed by atoms with Gasteiger partial charge in [0.25, 0.3) is 11.8 Å². The summed E-state index contributed by atoms with van der Waals surface area (Å²) < 4.78 is 12.7. The molecule has 0 radical (unpaired) electrons. The second kappa shape index (κ2) is 9.82. The summed E-state index contributed by atoms with van der Waals surface area (Å²) in [6.07, 6.45) is 6.39. The van der Waals surface area contributed by atoms with Crippen LogP contribution >= 0.6 is 0 Å². The Morgan fingerprint density at radius 2 is 2.21 bits per heavy atom. The largest absolute Gasteiger partial charge is 0.444 e. The molecule has 0 saturated carbocycles. The fourth-order valence-corrected chi connectivity index (χ4v) is 3.45. The number of nitrogens with zero attached hydrogens (tertiary/aromatic N) is 4. The molecule has 0 aliphatic carbocycles. The second-order valence-electron chi connectivity index (χ2n) is 8.31. The van der Waals surface area contributed by atoms with E-state index in [0.717, 1.165) is 19.4 Å². The quantitative estimate of drug-likeness (QED) is 0.447. The van der Waals surface area contributed by atoms with E-state index >= 15 is 0 Å². The molecule has 1 atom stereocenters. The Kier molecular flexibility index (Phi) is 6.68. The molecule has 0 bridgehead atoms. The van der Waals surface area contributed by atoms with E-state index in [2.05, 4.69) is 39.5 Å². The number of ether oxygens (including phenoxy) is 1. The topological polar surface area (TPSA) is 150 Å². The molecule has 0 aromatic carbocycles. The number of hydrogen-bond donors (Lipinski definition) is 3. The number of carbonyl (C=O) groups is 2. The van der Waals surface area contributed by atoms with E-state index in [1.54, 1.807) is 29.2 Å². The summed E-state index contributed by atoms with van der Waals surface area (Å²) in [4.78, 5) is 33.1. The van der Waals surface area contributed by atoms with Crippen LogP contribution in [0.2, 0.25) is 0 Å². The van der Waals surface area contributed by atoms with Gasteiger partial charge in [0, 0.05) is 31.1 Å². The molecule has 4 rings (SSSR count). The highest BCUT2D eigenvalue weighted by Gasteiger charge is 2.22. The zero-order valence-corrected chi connectivity index (χ0v) is 18.6. The number of primary amides is 1. The Bertz CT molecular complexity index is 1130. The number of oxazole rings is 1. The first kappa shape index (κ1) is 22.5. The van der Waals surface area contributed by atoms with E-state index < -0.39 is 11.8 Å². The van der Waals surface area contributed by atoms with Gasteiger partial charge in [-0.3, -0.25) is 14.3 Å². The normalized spacial score (nSPS) is 15.7. The van der Waals surface area contributed by atoms with Crippen LogP contribution in [0.15, 0.2) is 35.2 Å². The Morgan fingerprint density at radius 1 is 1.36 bits per heavy atom. The number of anilines is 2. The molecule has 1 aliphatic heterocycles. The fraction of sp³-hybridized carbons (Fsp3) is 0.409. The molecular weight excluding hydrogens is 426 g/mol. The fourth-order valence-electron chi connectivity index (χ4n) is 3.45. The summed E-state index contributed by atoms with van der Waals surface area (Å²) in [5.41, 5.74) is 6.36. The first-order valence-electron chi connectivity index (χ1n) is 10.8. The molecule has 0 unspecified atom stereocenters. The number of nitrogens with two attached hydrogens (primary N) is 1. The lowest BCUT2D eigenvalue weighted by Gasteiger charge is -2.08. The standard InChI is InChI=1S/C22H27N7O4/c1-13(2)9-25-18-8-14(5-6-24-18)22-27-17(12-33-22)21(31)26-16-11-29(28-19(16)20(23)30)10-15-4-3-7-32-15/h5-6,8,11-13,15H,3-4,7,9-10H2,1-2H3,(H2,23,30)(H,24,25)(H,26,31)/t15-/m1/s1. The molecule has 4 N–H and O–H groups in total. The lowest BCUT2D eigenvalue weighted by atomic mass is 10.2. The van der Waals surface area contributed by atoms with Crippen LogP contribution in [-0.2, 0) is 11.3 Å². The maximum Gasteiger partial charge on any atom is 0.277 e. The number of nitrogens with one attached hydrogen (secondary N) is 2. The van der Waals surface area contributed by atoms with Crippen molar-refractivity contribution in [2.24, 2.45) is 11.7 Å². The monoisotopic (exact) mass is 453 g/mol. The predicted molar refractivity (Wildman–Crippen MR) is 121 cm³/mol. The van der Waals surface area contributed by atoms with Gasteiger partial charge in [-0.05, 0) is 30.9 Å². The third-order valence-electron chi connectivity index (χ3n) is 5.09. The number of hydrogen-bond acceptors (Lipinski definition) is 8. The van der Waals surface area contributed by atoms with Gasteiger partial charge in [-0.25, -0.2) is 9.97 Å². The van der Waals surface area contributed by atoms with E-state index in [0.29, 0.717) is 30.5 Å². The van der Waals surface area contributed by atoms with E-state index in [9.17, 15) is 9.59 Å². The van der Waals surface area contributed by atoms with Gasteiger partial charge >= 0.3 is 0 Å². The van der Waals surface area contributed by atoms with Crippen molar-refractivity contribution in [2.75, 3.05) is 23.8 Å². The van der Waals surface area contributed by atoms with Gasteiger partial charge in [-0.2, -0.15) is 5.10 Å². The van der Waals surface area contributed by atoms with Crippen molar-refractivity contribution in [1.82, 2.24) is 19.7 Å². The molecule has 1 saturated heterocycles. The van der Waals surface area contributed by atoms with Crippen LogP contribution in [0.3, 0.4) is 0 Å². The zero-order chi connectivity index (χ0) is 23.4. The first-order chi connectivity index (χ1) is 15.9. The van der Waals surface area contributed by atoms with Crippen molar-refractivity contribution in [1.29, 1.82) is 0 Å². The molecule has 1 fully saturated rings. The summed E-state index contributed by atoms with van der Waals surface area (Å²) in [5, 5.41) is 10.1. The second-order valence-corrected chi connectivity index (χ2v) is 8.31. The Balaban J connectivity index is 1.47. The SMILES string of the molecule is CC(C)CNc1cc(-c2nc(C(=O)Nc3cn(C[C@H]4CCCO4)nc3C(N)=O)co2)ccn1. The van der Waals surface area contributed by atoms with Crippen LogP contribution in [0.5, 0.6) is 0 Å². The molecular formula is C22H27N7O4. The summed E-state index contributed by atoms with van der Waals surface area (Å²) in [6, 6.07) is 3.55. The van der Waals surface area contributed by atoms with Gasteiger partial charge < -0.3 is 25.5 Å². The highest BCUT2D eigenvalue weighted by molar-refractivity contribution is 6.07. The minimum Gasteiger partial charge on any atom is -0.444 e. The van der Waals surface area contributed by atoms with Gasteiger partial charge in [0.15, 0.2) is 11.4 Å². The smallest absolute Gasteiger partial charge is 0.277 e. The van der Waals surface area contributed by atoms with Gasteiger partial charge in [-0.15, -0.1) is 0 Å². The van der Waals surface area contributed by atoms with Crippen molar-refractivity contribution in [3.8, 4) is 11.5 Å². The number of rotatable bonds is 9. The zero-order valence-electron chi connectivity index (χ0n) is 18.6. The molecule has 4 heterocycles. The molecule has 3 aromatic heterocycles. The van der Waals surface area contributed by atoms with Crippen LogP contribution < -0.4 is 16.4 Å². The average molecular weight is 454 g/mol. The summed E-state index contributed by atoms with van der Waals surface area (Å²) in [7, 11) is 0. The third-order valence-corrected chi connectivity index (χ3v) is 5.09. The Hall–Kier alpha value is -3.73. The minimum atomic E-state index is -0.740. The van der Waals surface area contributed by atoms with Crippen molar-refractivity contribution >= 4 is 23.3 Å². The third kappa shape index (κ3) is 5.55. The molecule has 2 amide bonds. The van der Waals surface area contributed by atoms with Crippen LogP contribution in [0.4, 0.5) is 11.5 Å². The van der Waals surface area contributed by atoms with Crippen molar-refractivity contribution in [3.05, 3.63) is 42.2 Å². The van der Waals surface area contributed by atoms with E-state index in [1.807, 2.05) is 0 Å².